The summed E-state index contributed by atoms with van der Waals surface area (Å²) in [7, 11) is 0. The van der Waals surface area contributed by atoms with E-state index in [9.17, 15) is 9.59 Å². The van der Waals surface area contributed by atoms with Crippen molar-refractivity contribution in [2.75, 3.05) is 25.0 Å². The normalized spacial score (nSPS) is 15.4. The highest BCUT2D eigenvalue weighted by Gasteiger charge is 2.25. The Kier molecular flexibility index (Phi) is 6.52. The Balaban J connectivity index is 1.44. The third-order valence-corrected chi connectivity index (χ3v) is 5.65. The van der Waals surface area contributed by atoms with Crippen molar-refractivity contribution < 1.29 is 18.4 Å². The Morgan fingerprint density at radius 2 is 1.77 bits per heavy atom. The summed E-state index contributed by atoms with van der Waals surface area (Å²) < 4.78 is 10.8. The van der Waals surface area contributed by atoms with Crippen molar-refractivity contribution in [3.05, 3.63) is 77.6 Å². The van der Waals surface area contributed by atoms with Crippen LogP contribution in [-0.4, -0.2) is 36.3 Å². The van der Waals surface area contributed by atoms with Crippen molar-refractivity contribution in [2.24, 2.45) is 0 Å². The quantitative estimate of drug-likeness (QED) is 0.591. The summed E-state index contributed by atoms with van der Waals surface area (Å²) in [6, 6.07) is 12.4. The smallest absolute Gasteiger partial charge is 0.291 e. The number of nitrogens with zero attached hydrogens (tertiary/aromatic N) is 1. The van der Waals surface area contributed by atoms with Crippen molar-refractivity contribution >= 4 is 17.5 Å². The number of carbonyl (C=O) groups is 2. The molecule has 1 unspecified atom stereocenters. The Bertz CT molecular complexity index is 1010. The van der Waals surface area contributed by atoms with E-state index in [2.05, 4.69) is 15.5 Å². The highest BCUT2D eigenvalue weighted by molar-refractivity contribution is 6.03. The van der Waals surface area contributed by atoms with Crippen molar-refractivity contribution in [3.63, 3.8) is 0 Å². The first-order valence-corrected chi connectivity index (χ1v) is 10.6. The van der Waals surface area contributed by atoms with Crippen LogP contribution in [0.25, 0.3) is 0 Å². The summed E-state index contributed by atoms with van der Waals surface area (Å²) in [4.78, 5) is 27.6. The molecule has 0 bridgehead atoms. The molecule has 1 aliphatic rings. The monoisotopic (exact) mass is 421 g/mol. The maximum atomic E-state index is 12.9. The van der Waals surface area contributed by atoms with Gasteiger partial charge in [0.2, 0.25) is 0 Å². The Hall–Kier alpha value is -3.32. The second kappa shape index (κ2) is 9.66. The lowest BCUT2D eigenvalue weighted by Crippen LogP contribution is -2.40. The molecule has 2 N–H and O–H groups in total. The number of likely N-dealkylation sites (tertiary alicyclic amines) is 1. The van der Waals surface area contributed by atoms with Gasteiger partial charge >= 0.3 is 0 Å². The molecule has 162 valence electrons. The number of amides is 2. The summed E-state index contributed by atoms with van der Waals surface area (Å²) in [6.07, 6.45) is 6.67. The Morgan fingerprint density at radius 1 is 1.00 bits per heavy atom. The predicted molar refractivity (Wildman–Crippen MR) is 117 cm³/mol. The van der Waals surface area contributed by atoms with Gasteiger partial charge < -0.3 is 19.5 Å². The topological polar surface area (TPSA) is 87.7 Å². The van der Waals surface area contributed by atoms with Gasteiger partial charge in [0, 0.05) is 17.8 Å². The lowest BCUT2D eigenvalue weighted by atomic mass is 10.1. The van der Waals surface area contributed by atoms with E-state index in [1.807, 2.05) is 25.1 Å². The number of anilines is 1. The minimum Gasteiger partial charge on any atom is -0.468 e. The fraction of sp³-hybridized carbons (Fsp3) is 0.333. The molecule has 1 aromatic carbocycles. The molecule has 2 aromatic heterocycles. The summed E-state index contributed by atoms with van der Waals surface area (Å²) in [5.74, 6) is 0.533. The number of hydrogen-bond acceptors (Lipinski definition) is 5. The van der Waals surface area contributed by atoms with Gasteiger partial charge in [0.1, 0.15) is 5.76 Å². The molecule has 1 fully saturated rings. The number of rotatable bonds is 7. The highest BCUT2D eigenvalue weighted by Crippen LogP contribution is 2.25. The summed E-state index contributed by atoms with van der Waals surface area (Å²) in [5.41, 5.74) is 1.92. The maximum absolute atomic E-state index is 12.9. The molecular formula is C24H27N3O4. The van der Waals surface area contributed by atoms with Crippen molar-refractivity contribution in [1.29, 1.82) is 0 Å². The molecule has 0 saturated carbocycles. The second-order valence-electron chi connectivity index (χ2n) is 7.80. The van der Waals surface area contributed by atoms with Crippen molar-refractivity contribution in [3.8, 4) is 0 Å². The van der Waals surface area contributed by atoms with Crippen LogP contribution in [-0.2, 0) is 0 Å². The van der Waals surface area contributed by atoms with Gasteiger partial charge in [0.25, 0.3) is 11.8 Å². The van der Waals surface area contributed by atoms with Gasteiger partial charge in [-0.2, -0.15) is 0 Å². The molecule has 1 atom stereocenters. The number of furan rings is 2. The molecule has 3 aromatic rings. The van der Waals surface area contributed by atoms with Crippen LogP contribution in [0.1, 0.15) is 57.5 Å². The molecule has 31 heavy (non-hydrogen) atoms. The lowest BCUT2D eigenvalue weighted by molar-refractivity contribution is 0.0913. The van der Waals surface area contributed by atoms with E-state index in [1.54, 1.807) is 30.5 Å². The van der Waals surface area contributed by atoms with E-state index in [4.69, 9.17) is 8.83 Å². The zero-order valence-electron chi connectivity index (χ0n) is 17.6. The molecule has 0 spiro atoms. The number of aryl methyl sites for hydroxylation is 1. The molecule has 7 nitrogen and oxygen atoms in total. The van der Waals surface area contributed by atoms with Gasteiger partial charge in [-0.25, -0.2) is 0 Å². The first-order chi connectivity index (χ1) is 15.1. The lowest BCUT2D eigenvalue weighted by Gasteiger charge is -2.33. The highest BCUT2D eigenvalue weighted by atomic mass is 16.3. The van der Waals surface area contributed by atoms with Crippen LogP contribution in [0.4, 0.5) is 5.69 Å². The minimum absolute atomic E-state index is 0.00261. The third kappa shape index (κ3) is 5.06. The number of benzene rings is 1. The molecular weight excluding hydrogens is 394 g/mol. The number of piperidine rings is 1. The van der Waals surface area contributed by atoms with Gasteiger partial charge in [-0.15, -0.1) is 0 Å². The Labute approximate surface area is 181 Å². The molecule has 7 heteroatoms. The molecule has 4 rings (SSSR count). The zero-order valence-corrected chi connectivity index (χ0v) is 17.6. The fourth-order valence-electron chi connectivity index (χ4n) is 3.90. The van der Waals surface area contributed by atoms with Crippen LogP contribution in [0, 0.1) is 6.92 Å². The van der Waals surface area contributed by atoms with Crippen LogP contribution in [0.5, 0.6) is 0 Å². The zero-order chi connectivity index (χ0) is 21.6. The standard InChI is InChI=1S/C24H27N3O4/c1-17-9-10-18(15-19(17)26-24(29)22-8-6-14-31-22)23(28)25-16-20(21-7-5-13-30-21)27-11-3-2-4-12-27/h5-10,13-15,20H,2-4,11-12,16H2,1H3,(H,25,28)(H,26,29). The molecule has 1 aliphatic heterocycles. The van der Waals surface area contributed by atoms with E-state index >= 15 is 0 Å². The SMILES string of the molecule is Cc1ccc(C(=O)NCC(c2ccco2)N2CCCCC2)cc1NC(=O)c1ccco1. The van der Waals surface area contributed by atoms with Gasteiger partial charge in [0.15, 0.2) is 5.76 Å². The van der Waals surface area contributed by atoms with Crippen LogP contribution >= 0.6 is 0 Å². The number of nitrogens with one attached hydrogen (secondary N) is 2. The molecule has 2 amide bonds. The second-order valence-corrected chi connectivity index (χ2v) is 7.80. The average Bonchev–Trinajstić information content (AvgIpc) is 3.51. The van der Waals surface area contributed by atoms with E-state index < -0.39 is 0 Å². The summed E-state index contributed by atoms with van der Waals surface area (Å²) >= 11 is 0. The van der Waals surface area contributed by atoms with Crippen LogP contribution < -0.4 is 10.6 Å². The molecule has 0 aliphatic carbocycles. The Morgan fingerprint density at radius 3 is 2.48 bits per heavy atom. The molecule has 1 saturated heterocycles. The molecule has 0 radical (unpaired) electrons. The largest absolute Gasteiger partial charge is 0.468 e. The predicted octanol–water partition coefficient (Wildman–Crippen LogP) is 4.39. The van der Waals surface area contributed by atoms with Gasteiger partial charge in [-0.3, -0.25) is 14.5 Å². The first kappa shape index (κ1) is 20.9. The van der Waals surface area contributed by atoms with Gasteiger partial charge in [-0.1, -0.05) is 12.5 Å². The van der Waals surface area contributed by atoms with E-state index in [-0.39, 0.29) is 23.6 Å². The fourth-order valence-corrected chi connectivity index (χ4v) is 3.90. The van der Waals surface area contributed by atoms with Crippen LogP contribution in [0.2, 0.25) is 0 Å². The third-order valence-electron chi connectivity index (χ3n) is 5.65. The van der Waals surface area contributed by atoms with Crippen LogP contribution in [0.15, 0.2) is 63.8 Å². The summed E-state index contributed by atoms with van der Waals surface area (Å²) in [6.45, 7) is 4.32. The summed E-state index contributed by atoms with van der Waals surface area (Å²) in [5, 5.41) is 5.85. The van der Waals surface area contributed by atoms with E-state index in [0.29, 0.717) is 17.8 Å². The van der Waals surface area contributed by atoms with Gasteiger partial charge in [0.05, 0.1) is 18.6 Å². The van der Waals surface area contributed by atoms with Gasteiger partial charge in [-0.05, 0) is 74.8 Å². The molecule has 3 heterocycles. The minimum atomic E-state index is -0.353. The first-order valence-electron chi connectivity index (χ1n) is 10.6. The van der Waals surface area contributed by atoms with Crippen molar-refractivity contribution in [2.45, 2.75) is 32.2 Å². The van der Waals surface area contributed by atoms with Crippen molar-refractivity contribution in [1.82, 2.24) is 10.2 Å². The number of hydrogen-bond donors (Lipinski definition) is 2. The maximum Gasteiger partial charge on any atom is 0.291 e. The average molecular weight is 421 g/mol. The van der Waals surface area contributed by atoms with Crippen LogP contribution in [0.3, 0.4) is 0 Å². The number of carbonyl (C=O) groups excluding carboxylic acids is 2. The van der Waals surface area contributed by atoms with E-state index in [0.717, 1.165) is 37.3 Å². The van der Waals surface area contributed by atoms with E-state index in [1.165, 1.54) is 12.7 Å².